The first-order valence-corrected chi connectivity index (χ1v) is 12.8. The summed E-state index contributed by atoms with van der Waals surface area (Å²) in [5, 5.41) is 37.9. The third kappa shape index (κ3) is 4.38. The van der Waals surface area contributed by atoms with Gasteiger partial charge in [0.25, 0.3) is 0 Å². The van der Waals surface area contributed by atoms with Gasteiger partial charge in [-0.15, -0.1) is 0 Å². The van der Waals surface area contributed by atoms with E-state index < -0.39 is 0 Å². The fourth-order valence-electron chi connectivity index (χ4n) is 4.92. The van der Waals surface area contributed by atoms with Gasteiger partial charge in [0.05, 0.1) is 41.7 Å². The monoisotopic (exact) mass is 497 g/mol. The van der Waals surface area contributed by atoms with E-state index in [9.17, 15) is 15.6 Å². The second kappa shape index (κ2) is 10.2. The molecular weight excluding hydrogens is 470 g/mol. The van der Waals surface area contributed by atoms with Crippen LogP contribution in [0.1, 0.15) is 42.6 Å². The predicted octanol–water partition coefficient (Wildman–Crippen LogP) is 4.42. The number of hydrogen-bond donors (Lipinski definition) is 1. The smallest absolute Gasteiger partial charge is 0.103 e. The van der Waals surface area contributed by atoms with E-state index in [2.05, 4.69) is 46.7 Å². The molecule has 1 aliphatic heterocycles. The van der Waals surface area contributed by atoms with Crippen molar-refractivity contribution in [2.75, 3.05) is 19.7 Å². The van der Waals surface area contributed by atoms with E-state index in [0.717, 1.165) is 58.1 Å². The molecule has 3 aromatic heterocycles. The Balaban J connectivity index is 1.51. The van der Waals surface area contributed by atoms with E-state index in [1.165, 1.54) is 11.8 Å². The van der Waals surface area contributed by atoms with Gasteiger partial charge in [-0.2, -0.15) is 20.7 Å². The number of aromatic nitrogens is 4. The Kier molecular flexibility index (Phi) is 6.80. The maximum absolute atomic E-state index is 9.67. The Morgan fingerprint density at radius 3 is 2.56 bits per heavy atom. The average molecular weight is 498 g/mol. The Hall–Kier alpha value is -3.63. The number of piperidine rings is 1. The van der Waals surface area contributed by atoms with E-state index in [0.29, 0.717) is 17.2 Å². The Bertz CT molecular complexity index is 1480. The zero-order chi connectivity index (χ0) is 25.2. The van der Waals surface area contributed by atoms with Crippen molar-refractivity contribution in [2.45, 2.75) is 48.6 Å². The second-order valence-corrected chi connectivity index (χ2v) is 10.2. The molecule has 0 amide bonds. The standard InChI is InChI=1S/C27H27N7OS/c1-18(17-35)32-9-7-23(8-10-32)34-19(2)24(15-31-34)21-11-26(27-22(13-29)14-30-33(27)16-21)36-25-6-4-3-5-20(25)12-28/h3-6,11,14-16,18,23,35H,7-10,17H2,1-2H3/t18-/m1/s1. The van der Waals surface area contributed by atoms with Gasteiger partial charge in [-0.1, -0.05) is 23.9 Å². The molecule has 0 bridgehead atoms. The summed E-state index contributed by atoms with van der Waals surface area (Å²) in [4.78, 5) is 4.03. The summed E-state index contributed by atoms with van der Waals surface area (Å²) in [7, 11) is 0. The van der Waals surface area contributed by atoms with Crippen molar-refractivity contribution >= 4 is 17.3 Å². The molecule has 0 saturated carbocycles. The van der Waals surface area contributed by atoms with Crippen molar-refractivity contribution < 1.29 is 5.11 Å². The topological polar surface area (TPSA) is 106 Å². The molecule has 8 nitrogen and oxygen atoms in total. The van der Waals surface area contributed by atoms with Crippen molar-refractivity contribution in [1.29, 1.82) is 10.5 Å². The van der Waals surface area contributed by atoms with Crippen molar-refractivity contribution in [3.8, 4) is 23.3 Å². The average Bonchev–Trinajstić information content (AvgIpc) is 3.51. The molecule has 1 aromatic carbocycles. The van der Waals surface area contributed by atoms with Crippen LogP contribution in [0.25, 0.3) is 16.6 Å². The Labute approximate surface area is 214 Å². The number of aliphatic hydroxyl groups excluding tert-OH is 1. The van der Waals surface area contributed by atoms with Crippen LogP contribution in [-0.4, -0.2) is 55.1 Å². The van der Waals surface area contributed by atoms with Crippen LogP contribution in [0, 0.1) is 29.6 Å². The molecule has 4 heterocycles. The van der Waals surface area contributed by atoms with Crippen LogP contribution >= 0.6 is 11.8 Å². The van der Waals surface area contributed by atoms with Gasteiger partial charge in [-0.05, 0) is 44.9 Å². The zero-order valence-corrected chi connectivity index (χ0v) is 21.1. The molecule has 1 aliphatic rings. The third-order valence-corrected chi connectivity index (χ3v) is 8.12. The van der Waals surface area contributed by atoms with Gasteiger partial charge in [0.2, 0.25) is 0 Å². The minimum Gasteiger partial charge on any atom is -0.395 e. The lowest BCUT2D eigenvalue weighted by atomic mass is 10.0. The van der Waals surface area contributed by atoms with Gasteiger partial charge >= 0.3 is 0 Å². The summed E-state index contributed by atoms with van der Waals surface area (Å²) in [5.41, 5.74) is 4.89. The number of pyridine rings is 1. The summed E-state index contributed by atoms with van der Waals surface area (Å²) in [6, 6.07) is 14.5. The highest BCUT2D eigenvalue weighted by Crippen LogP contribution is 2.38. The fraction of sp³-hybridized carbons (Fsp3) is 0.333. The van der Waals surface area contributed by atoms with Crippen LogP contribution in [0.2, 0.25) is 0 Å². The number of likely N-dealkylation sites (tertiary alicyclic amines) is 1. The van der Waals surface area contributed by atoms with Crippen LogP contribution < -0.4 is 0 Å². The van der Waals surface area contributed by atoms with Gasteiger partial charge in [0.15, 0.2) is 0 Å². The summed E-state index contributed by atoms with van der Waals surface area (Å²) in [5.74, 6) is 0. The first-order chi connectivity index (χ1) is 17.5. The minimum absolute atomic E-state index is 0.179. The van der Waals surface area contributed by atoms with Crippen LogP contribution in [0.4, 0.5) is 0 Å². The Morgan fingerprint density at radius 2 is 1.83 bits per heavy atom. The van der Waals surface area contributed by atoms with E-state index in [1.54, 1.807) is 16.8 Å². The molecule has 0 aliphatic carbocycles. The van der Waals surface area contributed by atoms with Gasteiger partial charge < -0.3 is 5.11 Å². The van der Waals surface area contributed by atoms with Gasteiger partial charge in [0, 0.05) is 51.9 Å². The molecule has 36 heavy (non-hydrogen) atoms. The van der Waals surface area contributed by atoms with Crippen molar-refractivity contribution in [3.05, 3.63) is 65.7 Å². The highest BCUT2D eigenvalue weighted by atomic mass is 32.2. The molecule has 9 heteroatoms. The molecular formula is C27H27N7OS. The lowest BCUT2D eigenvalue weighted by Gasteiger charge is -2.35. The molecule has 1 N–H and O–H groups in total. The van der Waals surface area contributed by atoms with Crippen molar-refractivity contribution in [3.63, 3.8) is 0 Å². The van der Waals surface area contributed by atoms with Crippen LogP contribution in [0.15, 0.2) is 58.7 Å². The highest BCUT2D eigenvalue weighted by Gasteiger charge is 2.26. The Morgan fingerprint density at radius 1 is 1.08 bits per heavy atom. The van der Waals surface area contributed by atoms with E-state index in [-0.39, 0.29) is 12.6 Å². The molecule has 5 rings (SSSR count). The largest absolute Gasteiger partial charge is 0.395 e. The van der Waals surface area contributed by atoms with Crippen LogP contribution in [0.5, 0.6) is 0 Å². The molecule has 0 unspecified atom stereocenters. The number of benzene rings is 1. The number of aliphatic hydroxyl groups is 1. The minimum atomic E-state index is 0.179. The summed E-state index contributed by atoms with van der Waals surface area (Å²) in [6.07, 6.45) is 7.41. The molecule has 0 spiro atoms. The first kappa shape index (κ1) is 24.1. The number of fused-ring (bicyclic) bond motifs is 1. The molecule has 1 fully saturated rings. The predicted molar refractivity (Wildman–Crippen MR) is 138 cm³/mol. The SMILES string of the molecule is Cc1c(-c2cc(Sc3ccccc3C#N)c3c(C#N)cnn3c2)cnn1C1CCN([C@H](C)CO)CC1. The highest BCUT2D eigenvalue weighted by molar-refractivity contribution is 7.99. The first-order valence-electron chi connectivity index (χ1n) is 12.0. The van der Waals surface area contributed by atoms with E-state index >= 15 is 0 Å². The number of nitrogens with zero attached hydrogens (tertiary/aromatic N) is 7. The van der Waals surface area contributed by atoms with Crippen molar-refractivity contribution in [1.82, 2.24) is 24.3 Å². The normalized spacial score (nSPS) is 15.6. The molecule has 1 atom stereocenters. The van der Waals surface area contributed by atoms with Crippen LogP contribution in [-0.2, 0) is 0 Å². The molecule has 4 aromatic rings. The summed E-state index contributed by atoms with van der Waals surface area (Å²) >= 11 is 1.47. The van der Waals surface area contributed by atoms with Crippen molar-refractivity contribution in [2.24, 2.45) is 0 Å². The van der Waals surface area contributed by atoms with Gasteiger partial charge in [-0.3, -0.25) is 9.58 Å². The molecule has 1 saturated heterocycles. The summed E-state index contributed by atoms with van der Waals surface area (Å²) < 4.78 is 3.87. The zero-order valence-electron chi connectivity index (χ0n) is 20.3. The fourth-order valence-corrected chi connectivity index (χ4v) is 6.01. The second-order valence-electron chi connectivity index (χ2n) is 9.15. The van der Waals surface area contributed by atoms with E-state index in [4.69, 9.17) is 5.10 Å². The number of rotatable bonds is 6. The quantitative estimate of drug-likeness (QED) is 0.420. The lowest BCUT2D eigenvalue weighted by Crippen LogP contribution is -2.42. The third-order valence-electron chi connectivity index (χ3n) is 7.01. The maximum atomic E-state index is 9.67. The molecule has 182 valence electrons. The van der Waals surface area contributed by atoms with Crippen LogP contribution in [0.3, 0.4) is 0 Å². The van der Waals surface area contributed by atoms with Gasteiger partial charge in [-0.25, -0.2) is 4.52 Å². The van der Waals surface area contributed by atoms with Gasteiger partial charge in [0.1, 0.15) is 12.1 Å². The maximum Gasteiger partial charge on any atom is 0.103 e. The summed E-state index contributed by atoms with van der Waals surface area (Å²) in [6.45, 7) is 6.22. The number of hydrogen-bond acceptors (Lipinski definition) is 7. The van der Waals surface area contributed by atoms with E-state index in [1.807, 2.05) is 30.6 Å². The lowest BCUT2D eigenvalue weighted by molar-refractivity contribution is 0.0954. The number of nitriles is 2. The molecule has 0 radical (unpaired) electrons.